The van der Waals surface area contributed by atoms with Gasteiger partial charge in [-0.25, -0.2) is 0 Å². The summed E-state index contributed by atoms with van der Waals surface area (Å²) in [6.07, 6.45) is 0. The fourth-order valence-electron chi connectivity index (χ4n) is 1.00. The molecule has 1 saturated heterocycles. The Kier molecular flexibility index (Phi) is 2.45. The molecule has 2 N–H and O–H groups in total. The van der Waals surface area contributed by atoms with Crippen LogP contribution < -0.4 is 5.73 Å². The van der Waals surface area contributed by atoms with Crippen molar-refractivity contribution in [2.24, 2.45) is 11.7 Å². The molecule has 3 heteroatoms. The lowest BCUT2D eigenvalue weighted by Gasteiger charge is -2.10. The molecule has 3 nitrogen and oxygen atoms in total. The molecule has 1 rings (SSSR count). The molecule has 1 aliphatic heterocycles. The van der Waals surface area contributed by atoms with Crippen LogP contribution in [-0.4, -0.2) is 33.0 Å². The highest BCUT2D eigenvalue weighted by Gasteiger charge is 2.23. The van der Waals surface area contributed by atoms with E-state index in [0.29, 0.717) is 12.5 Å². The molecule has 1 aliphatic rings. The van der Waals surface area contributed by atoms with Crippen molar-refractivity contribution >= 4 is 0 Å². The van der Waals surface area contributed by atoms with E-state index >= 15 is 0 Å². The molecule has 0 bridgehead atoms. The van der Waals surface area contributed by atoms with Crippen molar-refractivity contribution < 1.29 is 9.47 Å². The van der Waals surface area contributed by atoms with E-state index in [-0.39, 0.29) is 6.04 Å². The van der Waals surface area contributed by atoms with Gasteiger partial charge in [0.2, 0.25) is 0 Å². The zero-order chi connectivity index (χ0) is 6.69. The second-order valence-electron chi connectivity index (χ2n) is 2.42. The Morgan fingerprint density at radius 2 is 2.44 bits per heavy atom. The highest BCUT2D eigenvalue weighted by Crippen LogP contribution is 2.10. The number of hydrogen-bond acceptors (Lipinski definition) is 3. The van der Waals surface area contributed by atoms with Gasteiger partial charge in [-0.3, -0.25) is 0 Å². The van der Waals surface area contributed by atoms with Gasteiger partial charge in [0.25, 0.3) is 0 Å². The number of ether oxygens (including phenoxy) is 2. The predicted molar refractivity (Wildman–Crippen MR) is 34.2 cm³/mol. The van der Waals surface area contributed by atoms with Crippen LogP contribution in [0.5, 0.6) is 0 Å². The number of hydrogen-bond donors (Lipinski definition) is 1. The van der Waals surface area contributed by atoms with Gasteiger partial charge in [0.1, 0.15) is 0 Å². The minimum atomic E-state index is 0.185. The molecule has 0 aromatic rings. The first-order valence-corrected chi connectivity index (χ1v) is 3.17. The smallest absolute Gasteiger partial charge is 0.0622 e. The Bertz CT molecular complexity index is 87.1. The van der Waals surface area contributed by atoms with E-state index in [0.717, 1.165) is 13.2 Å². The lowest BCUT2D eigenvalue weighted by atomic mass is 10.1. The second kappa shape index (κ2) is 3.15. The molecule has 0 unspecified atom stereocenters. The Hall–Kier alpha value is -0.120. The summed E-state index contributed by atoms with van der Waals surface area (Å²) in [4.78, 5) is 0. The Labute approximate surface area is 55.1 Å². The highest BCUT2D eigenvalue weighted by atomic mass is 16.5. The normalized spacial score (nSPS) is 35.3. The summed E-state index contributed by atoms with van der Waals surface area (Å²) in [6.45, 7) is 2.17. The van der Waals surface area contributed by atoms with Gasteiger partial charge in [-0.05, 0) is 0 Å². The fraction of sp³-hybridized carbons (Fsp3) is 1.00. The first-order chi connectivity index (χ1) is 4.34. The van der Waals surface area contributed by atoms with E-state index in [2.05, 4.69) is 0 Å². The second-order valence-corrected chi connectivity index (χ2v) is 2.42. The van der Waals surface area contributed by atoms with Gasteiger partial charge in [-0.2, -0.15) is 0 Å². The van der Waals surface area contributed by atoms with Crippen LogP contribution in [-0.2, 0) is 9.47 Å². The van der Waals surface area contributed by atoms with E-state index in [4.69, 9.17) is 15.2 Å². The summed E-state index contributed by atoms with van der Waals surface area (Å²) in [5.74, 6) is 0.412. The van der Waals surface area contributed by atoms with Gasteiger partial charge < -0.3 is 15.2 Å². The summed E-state index contributed by atoms with van der Waals surface area (Å²) in [5.41, 5.74) is 5.66. The predicted octanol–water partition coefficient (Wildman–Crippen LogP) is -0.393. The molecule has 0 aliphatic carbocycles. The molecule has 9 heavy (non-hydrogen) atoms. The van der Waals surface area contributed by atoms with Gasteiger partial charge in [0.15, 0.2) is 0 Å². The summed E-state index contributed by atoms with van der Waals surface area (Å²) < 4.78 is 10.1. The minimum Gasteiger partial charge on any atom is -0.384 e. The summed E-state index contributed by atoms with van der Waals surface area (Å²) >= 11 is 0. The van der Waals surface area contributed by atoms with Gasteiger partial charge >= 0.3 is 0 Å². The third-order valence-electron chi connectivity index (χ3n) is 1.63. The Morgan fingerprint density at radius 1 is 1.67 bits per heavy atom. The lowest BCUT2D eigenvalue weighted by molar-refractivity contribution is 0.128. The van der Waals surface area contributed by atoms with Gasteiger partial charge in [-0.15, -0.1) is 0 Å². The largest absolute Gasteiger partial charge is 0.384 e. The lowest BCUT2D eigenvalue weighted by Crippen LogP contribution is -2.31. The van der Waals surface area contributed by atoms with Crippen LogP contribution in [0.4, 0.5) is 0 Å². The molecular formula is C6H13NO2. The minimum absolute atomic E-state index is 0.185. The summed E-state index contributed by atoms with van der Waals surface area (Å²) in [7, 11) is 1.69. The van der Waals surface area contributed by atoms with Crippen molar-refractivity contribution in [2.75, 3.05) is 26.9 Å². The number of methoxy groups -OCH3 is 1. The van der Waals surface area contributed by atoms with Crippen LogP contribution in [0.25, 0.3) is 0 Å². The Morgan fingerprint density at radius 3 is 2.89 bits per heavy atom. The van der Waals surface area contributed by atoms with Crippen molar-refractivity contribution in [1.82, 2.24) is 0 Å². The SMILES string of the molecule is COC[C@@H]1COC[C@@H]1N. The van der Waals surface area contributed by atoms with Crippen molar-refractivity contribution in [2.45, 2.75) is 6.04 Å². The molecule has 0 spiro atoms. The molecule has 0 amide bonds. The average molecular weight is 131 g/mol. The average Bonchev–Trinajstić information content (AvgIpc) is 2.18. The summed E-state index contributed by atoms with van der Waals surface area (Å²) in [6, 6.07) is 0.185. The van der Waals surface area contributed by atoms with Crippen molar-refractivity contribution in [3.63, 3.8) is 0 Å². The van der Waals surface area contributed by atoms with Crippen molar-refractivity contribution in [1.29, 1.82) is 0 Å². The maximum absolute atomic E-state index is 5.66. The standard InChI is InChI=1S/C6H13NO2/c1-8-2-5-3-9-4-6(5)7/h5-6H,2-4,7H2,1H3/t5-,6+/m1/s1. The molecule has 1 fully saturated rings. The maximum atomic E-state index is 5.66. The molecule has 2 atom stereocenters. The molecule has 54 valence electrons. The fourth-order valence-corrected chi connectivity index (χ4v) is 1.00. The summed E-state index contributed by atoms with van der Waals surface area (Å²) in [5, 5.41) is 0. The van der Waals surface area contributed by atoms with Gasteiger partial charge in [0, 0.05) is 19.1 Å². The third kappa shape index (κ3) is 1.64. The van der Waals surface area contributed by atoms with E-state index < -0.39 is 0 Å². The van der Waals surface area contributed by atoms with Crippen LogP contribution in [0.2, 0.25) is 0 Å². The zero-order valence-electron chi connectivity index (χ0n) is 5.67. The van der Waals surface area contributed by atoms with Gasteiger partial charge in [0.05, 0.1) is 19.8 Å². The number of rotatable bonds is 2. The molecule has 0 radical (unpaired) electrons. The first kappa shape index (κ1) is 6.99. The van der Waals surface area contributed by atoms with E-state index in [9.17, 15) is 0 Å². The highest BCUT2D eigenvalue weighted by molar-refractivity contribution is 4.77. The molecule has 0 aromatic heterocycles. The van der Waals surface area contributed by atoms with Crippen LogP contribution in [0.3, 0.4) is 0 Å². The van der Waals surface area contributed by atoms with E-state index in [1.807, 2.05) is 0 Å². The van der Waals surface area contributed by atoms with E-state index in [1.54, 1.807) is 7.11 Å². The van der Waals surface area contributed by atoms with Crippen LogP contribution in [0.1, 0.15) is 0 Å². The maximum Gasteiger partial charge on any atom is 0.0622 e. The van der Waals surface area contributed by atoms with Crippen LogP contribution in [0, 0.1) is 5.92 Å². The molecular weight excluding hydrogens is 118 g/mol. The van der Waals surface area contributed by atoms with Crippen LogP contribution >= 0.6 is 0 Å². The number of nitrogens with two attached hydrogens (primary N) is 1. The molecule has 0 saturated carbocycles. The van der Waals surface area contributed by atoms with Gasteiger partial charge in [-0.1, -0.05) is 0 Å². The monoisotopic (exact) mass is 131 g/mol. The van der Waals surface area contributed by atoms with Crippen molar-refractivity contribution in [3.05, 3.63) is 0 Å². The zero-order valence-corrected chi connectivity index (χ0v) is 5.67. The Balaban J connectivity index is 2.22. The van der Waals surface area contributed by atoms with Crippen LogP contribution in [0.15, 0.2) is 0 Å². The van der Waals surface area contributed by atoms with Crippen molar-refractivity contribution in [3.8, 4) is 0 Å². The topological polar surface area (TPSA) is 44.5 Å². The third-order valence-corrected chi connectivity index (χ3v) is 1.63. The first-order valence-electron chi connectivity index (χ1n) is 3.17. The molecule has 0 aromatic carbocycles. The quantitative estimate of drug-likeness (QED) is 0.555. The van der Waals surface area contributed by atoms with E-state index in [1.165, 1.54) is 0 Å². The molecule has 1 heterocycles.